The van der Waals surface area contributed by atoms with Crippen LogP contribution in [0.15, 0.2) is 47.1 Å². The van der Waals surface area contributed by atoms with Gasteiger partial charge in [0, 0.05) is 6.54 Å². The third kappa shape index (κ3) is 4.54. The zero-order chi connectivity index (χ0) is 18.2. The summed E-state index contributed by atoms with van der Waals surface area (Å²) < 4.78 is 7.38. The molecule has 1 N–H and O–H groups in total. The van der Waals surface area contributed by atoms with Crippen molar-refractivity contribution in [3.8, 4) is 0 Å². The lowest BCUT2D eigenvalue weighted by molar-refractivity contribution is 0.0921. The number of aromatic nitrogens is 2. The average molecular weight is 353 g/mol. The number of rotatable bonds is 10. The third-order valence-electron chi connectivity index (χ3n) is 4.62. The third-order valence-corrected chi connectivity index (χ3v) is 4.62. The number of hydrogen-bond acceptors (Lipinski definition) is 3. The minimum absolute atomic E-state index is 0.215. The topological polar surface area (TPSA) is 60.1 Å². The van der Waals surface area contributed by atoms with E-state index >= 15 is 0 Å². The van der Waals surface area contributed by atoms with Crippen molar-refractivity contribution in [2.45, 2.75) is 58.5 Å². The van der Waals surface area contributed by atoms with Gasteiger partial charge < -0.3 is 14.3 Å². The van der Waals surface area contributed by atoms with Gasteiger partial charge in [-0.3, -0.25) is 4.79 Å². The Bertz CT molecular complexity index is 821. The van der Waals surface area contributed by atoms with Crippen LogP contribution in [-0.2, 0) is 13.1 Å². The Morgan fingerprint density at radius 3 is 2.69 bits per heavy atom. The zero-order valence-corrected chi connectivity index (χ0v) is 15.4. The molecule has 0 radical (unpaired) electrons. The van der Waals surface area contributed by atoms with Gasteiger partial charge in [0.1, 0.15) is 5.82 Å². The number of hydrogen-bond donors (Lipinski definition) is 1. The van der Waals surface area contributed by atoms with Gasteiger partial charge in [-0.2, -0.15) is 0 Å². The molecule has 0 aliphatic heterocycles. The molecular weight excluding hydrogens is 326 g/mol. The van der Waals surface area contributed by atoms with Gasteiger partial charge >= 0.3 is 0 Å². The first-order valence-corrected chi connectivity index (χ1v) is 9.55. The molecule has 1 aromatic carbocycles. The van der Waals surface area contributed by atoms with Gasteiger partial charge in [-0.05, 0) is 30.7 Å². The highest BCUT2D eigenvalue weighted by atomic mass is 16.3. The molecule has 5 heteroatoms. The fourth-order valence-electron chi connectivity index (χ4n) is 3.21. The molecule has 26 heavy (non-hydrogen) atoms. The molecule has 5 nitrogen and oxygen atoms in total. The van der Waals surface area contributed by atoms with E-state index in [1.54, 1.807) is 12.1 Å². The maximum atomic E-state index is 12.1. The van der Waals surface area contributed by atoms with Crippen molar-refractivity contribution in [3.05, 3.63) is 54.2 Å². The van der Waals surface area contributed by atoms with Crippen LogP contribution in [0.4, 0.5) is 0 Å². The first-order chi connectivity index (χ1) is 12.8. The summed E-state index contributed by atoms with van der Waals surface area (Å²) in [7, 11) is 0. The summed E-state index contributed by atoms with van der Waals surface area (Å²) in [6.45, 7) is 3.56. The van der Waals surface area contributed by atoms with Gasteiger partial charge in [0.25, 0.3) is 5.91 Å². The Hall–Kier alpha value is -2.56. The van der Waals surface area contributed by atoms with E-state index in [1.807, 2.05) is 18.2 Å². The molecule has 0 atom stereocenters. The number of carbonyl (C=O) groups is 1. The molecule has 0 saturated carbocycles. The van der Waals surface area contributed by atoms with E-state index in [-0.39, 0.29) is 5.91 Å². The number of fused-ring (bicyclic) bond motifs is 1. The van der Waals surface area contributed by atoms with E-state index in [9.17, 15) is 4.79 Å². The second kappa shape index (κ2) is 9.22. The number of para-hydroxylation sites is 2. The maximum Gasteiger partial charge on any atom is 0.287 e. The lowest BCUT2D eigenvalue weighted by Gasteiger charge is -2.10. The van der Waals surface area contributed by atoms with Gasteiger partial charge in [0.2, 0.25) is 0 Å². The number of imidazole rings is 1. The summed E-state index contributed by atoms with van der Waals surface area (Å²) in [5.74, 6) is 0.997. The van der Waals surface area contributed by atoms with Crippen LogP contribution in [0.1, 0.15) is 61.8 Å². The smallest absolute Gasteiger partial charge is 0.287 e. The molecule has 0 bridgehead atoms. The van der Waals surface area contributed by atoms with Crippen LogP contribution in [0.3, 0.4) is 0 Å². The van der Waals surface area contributed by atoms with Crippen molar-refractivity contribution in [2.24, 2.45) is 0 Å². The Morgan fingerprint density at radius 1 is 1.08 bits per heavy atom. The standard InChI is InChI=1S/C21H27N3O2/c1-2-3-4-5-6-9-14-24-18-12-8-7-11-17(18)23-20(24)16-22-21(25)19-13-10-15-26-19/h7-8,10-13,15H,2-6,9,14,16H2,1H3,(H,22,25). The van der Waals surface area contributed by atoms with Gasteiger partial charge in [0.05, 0.1) is 23.8 Å². The van der Waals surface area contributed by atoms with Crippen LogP contribution < -0.4 is 5.32 Å². The van der Waals surface area contributed by atoms with Crippen LogP contribution in [0.5, 0.6) is 0 Å². The first kappa shape index (κ1) is 18.2. The lowest BCUT2D eigenvalue weighted by atomic mass is 10.1. The molecule has 0 aliphatic rings. The Morgan fingerprint density at radius 2 is 1.88 bits per heavy atom. The van der Waals surface area contributed by atoms with Crippen LogP contribution >= 0.6 is 0 Å². The number of aryl methyl sites for hydroxylation is 1. The van der Waals surface area contributed by atoms with E-state index in [0.717, 1.165) is 29.8 Å². The number of benzene rings is 1. The summed E-state index contributed by atoms with van der Waals surface area (Å²) in [5, 5.41) is 2.91. The fourth-order valence-corrected chi connectivity index (χ4v) is 3.21. The number of nitrogens with one attached hydrogen (secondary N) is 1. The molecular formula is C21H27N3O2. The predicted molar refractivity (Wildman–Crippen MR) is 103 cm³/mol. The van der Waals surface area contributed by atoms with Crippen LogP contribution in [-0.4, -0.2) is 15.5 Å². The van der Waals surface area contributed by atoms with E-state index < -0.39 is 0 Å². The second-order valence-electron chi connectivity index (χ2n) is 6.60. The van der Waals surface area contributed by atoms with Gasteiger partial charge in [-0.15, -0.1) is 0 Å². The highest BCUT2D eigenvalue weighted by Crippen LogP contribution is 2.18. The summed E-state index contributed by atoms with van der Waals surface area (Å²) in [4.78, 5) is 16.8. The summed E-state index contributed by atoms with van der Waals surface area (Å²) in [5.41, 5.74) is 2.10. The Kier molecular flexibility index (Phi) is 6.47. The minimum Gasteiger partial charge on any atom is -0.459 e. The number of carbonyl (C=O) groups excluding carboxylic acids is 1. The quantitative estimate of drug-likeness (QED) is 0.526. The van der Waals surface area contributed by atoms with E-state index in [2.05, 4.69) is 22.9 Å². The number of nitrogens with zero attached hydrogens (tertiary/aromatic N) is 2. The normalized spacial score (nSPS) is 11.1. The molecule has 2 heterocycles. The van der Waals surface area contributed by atoms with Crippen molar-refractivity contribution in [2.75, 3.05) is 0 Å². The Balaban J connectivity index is 1.65. The van der Waals surface area contributed by atoms with Gasteiger partial charge in [-0.25, -0.2) is 4.98 Å². The largest absolute Gasteiger partial charge is 0.459 e. The molecule has 138 valence electrons. The van der Waals surface area contributed by atoms with Crippen molar-refractivity contribution >= 4 is 16.9 Å². The first-order valence-electron chi connectivity index (χ1n) is 9.55. The predicted octanol–water partition coefficient (Wildman–Crippen LogP) is 4.92. The Labute approximate surface area is 154 Å². The highest BCUT2D eigenvalue weighted by Gasteiger charge is 2.13. The molecule has 0 saturated heterocycles. The molecule has 3 aromatic rings. The van der Waals surface area contributed by atoms with Crippen molar-refractivity contribution in [1.82, 2.24) is 14.9 Å². The van der Waals surface area contributed by atoms with Gasteiger partial charge in [-0.1, -0.05) is 51.2 Å². The van der Waals surface area contributed by atoms with Crippen molar-refractivity contribution < 1.29 is 9.21 Å². The number of furan rings is 1. The molecule has 3 rings (SSSR count). The fraction of sp³-hybridized carbons (Fsp3) is 0.429. The molecule has 1 amide bonds. The zero-order valence-electron chi connectivity index (χ0n) is 15.4. The minimum atomic E-state index is -0.215. The molecule has 2 aromatic heterocycles. The highest BCUT2D eigenvalue weighted by molar-refractivity contribution is 5.91. The molecule has 0 spiro atoms. The van der Waals surface area contributed by atoms with Crippen LogP contribution in [0.25, 0.3) is 11.0 Å². The van der Waals surface area contributed by atoms with Gasteiger partial charge in [0.15, 0.2) is 5.76 Å². The van der Waals surface area contributed by atoms with Crippen molar-refractivity contribution in [3.63, 3.8) is 0 Å². The SMILES string of the molecule is CCCCCCCCn1c(CNC(=O)c2ccco2)nc2ccccc21. The monoisotopic (exact) mass is 353 g/mol. The number of amides is 1. The van der Waals surface area contributed by atoms with Crippen LogP contribution in [0, 0.1) is 0 Å². The summed E-state index contributed by atoms with van der Waals surface area (Å²) in [6.07, 6.45) is 9.04. The van der Waals surface area contributed by atoms with Crippen LogP contribution in [0.2, 0.25) is 0 Å². The second-order valence-corrected chi connectivity index (χ2v) is 6.60. The van der Waals surface area contributed by atoms with E-state index in [4.69, 9.17) is 9.40 Å². The van der Waals surface area contributed by atoms with E-state index in [1.165, 1.54) is 38.4 Å². The summed E-state index contributed by atoms with van der Waals surface area (Å²) >= 11 is 0. The molecule has 0 fully saturated rings. The molecule has 0 unspecified atom stereocenters. The average Bonchev–Trinajstić information content (AvgIpc) is 3.31. The lowest BCUT2D eigenvalue weighted by Crippen LogP contribution is -2.24. The molecule has 0 aliphatic carbocycles. The van der Waals surface area contributed by atoms with Crippen molar-refractivity contribution in [1.29, 1.82) is 0 Å². The number of unbranched alkanes of at least 4 members (excludes halogenated alkanes) is 5. The van der Waals surface area contributed by atoms with E-state index in [0.29, 0.717) is 12.3 Å². The maximum absolute atomic E-state index is 12.1. The summed E-state index contributed by atoms with van der Waals surface area (Å²) in [6, 6.07) is 11.5.